The number of hydrogen-bond acceptors (Lipinski definition) is 6. The zero-order valence-electron chi connectivity index (χ0n) is 22.6. The van der Waals surface area contributed by atoms with E-state index in [9.17, 15) is 19.5 Å². The number of hydrogen-bond donors (Lipinski definition) is 6. The lowest BCUT2D eigenvalue weighted by Crippen LogP contribution is -2.02. The minimum Gasteiger partial charge on any atom is -0.508 e. The van der Waals surface area contributed by atoms with Crippen molar-refractivity contribution in [2.45, 2.75) is 33.1 Å². The standard InChI is InChI=1S/C14H12O3.C10H12O3.C8H8O3/c15-12-6-7-13(14(16)17)11(9-12)8-10-4-2-1-3-5-10;1-2-3-7-6-8(11)4-5-9(7)10(12)13;1-5-4-6(9)2-3-7(5)8(10)11/h1-7,9,15H,8H2,(H,16,17);4-6,11H,2-3H2,1H3,(H,12,13);2-4,9H,1H3,(H,10,11). The van der Waals surface area contributed by atoms with Gasteiger partial charge in [0.05, 0.1) is 16.7 Å². The number of carbonyl (C=O) groups is 3. The zero-order valence-corrected chi connectivity index (χ0v) is 22.6. The van der Waals surface area contributed by atoms with Crippen molar-refractivity contribution in [3.63, 3.8) is 0 Å². The molecule has 41 heavy (non-hydrogen) atoms. The number of aromatic carboxylic acids is 3. The Hall–Kier alpha value is -5.31. The number of aryl methyl sites for hydroxylation is 2. The molecule has 0 aliphatic carbocycles. The lowest BCUT2D eigenvalue weighted by Gasteiger charge is -2.06. The van der Waals surface area contributed by atoms with Crippen LogP contribution in [0.3, 0.4) is 0 Å². The fraction of sp³-hybridized carbons (Fsp3) is 0.156. The first-order valence-corrected chi connectivity index (χ1v) is 12.6. The van der Waals surface area contributed by atoms with Crippen LogP contribution < -0.4 is 0 Å². The second kappa shape index (κ2) is 15.3. The highest BCUT2D eigenvalue weighted by Gasteiger charge is 2.11. The van der Waals surface area contributed by atoms with E-state index >= 15 is 0 Å². The molecule has 0 heterocycles. The normalized spacial score (nSPS) is 9.90. The number of aromatic hydroxyl groups is 3. The zero-order chi connectivity index (χ0) is 30.5. The van der Waals surface area contributed by atoms with Crippen LogP contribution in [0, 0.1) is 6.92 Å². The van der Waals surface area contributed by atoms with Gasteiger partial charge in [-0.2, -0.15) is 0 Å². The highest BCUT2D eigenvalue weighted by molar-refractivity contribution is 5.90. The fourth-order valence-electron chi connectivity index (χ4n) is 3.90. The molecular formula is C32H32O9. The maximum Gasteiger partial charge on any atom is 0.335 e. The molecule has 9 heteroatoms. The molecule has 0 saturated carbocycles. The Morgan fingerprint density at radius 3 is 1.49 bits per heavy atom. The minimum atomic E-state index is -0.976. The van der Waals surface area contributed by atoms with Gasteiger partial charge in [0.2, 0.25) is 0 Å². The molecule has 0 radical (unpaired) electrons. The van der Waals surface area contributed by atoms with Gasteiger partial charge in [0.25, 0.3) is 0 Å². The summed E-state index contributed by atoms with van der Waals surface area (Å²) < 4.78 is 0. The Morgan fingerprint density at radius 1 is 0.585 bits per heavy atom. The fourth-order valence-corrected chi connectivity index (χ4v) is 3.90. The molecule has 6 N–H and O–H groups in total. The van der Waals surface area contributed by atoms with Crippen LogP contribution in [0.1, 0.15) is 66.7 Å². The van der Waals surface area contributed by atoms with Gasteiger partial charge in [-0.05, 0) is 96.6 Å². The summed E-state index contributed by atoms with van der Waals surface area (Å²) in [6.07, 6.45) is 2.04. The quantitative estimate of drug-likeness (QED) is 0.156. The molecule has 0 aliphatic heterocycles. The van der Waals surface area contributed by atoms with Crippen molar-refractivity contribution in [1.82, 2.24) is 0 Å². The summed E-state index contributed by atoms with van der Waals surface area (Å²) in [5.74, 6) is -2.59. The monoisotopic (exact) mass is 560 g/mol. The Bertz CT molecular complexity index is 1490. The number of carboxylic acids is 3. The molecule has 0 aliphatic rings. The van der Waals surface area contributed by atoms with E-state index in [-0.39, 0.29) is 33.9 Å². The first-order valence-electron chi connectivity index (χ1n) is 12.6. The molecule has 214 valence electrons. The Morgan fingerprint density at radius 2 is 1.02 bits per heavy atom. The molecule has 4 rings (SSSR count). The van der Waals surface area contributed by atoms with Crippen LogP contribution in [-0.4, -0.2) is 48.5 Å². The first kappa shape index (κ1) is 31.9. The van der Waals surface area contributed by atoms with Crippen molar-refractivity contribution < 1.29 is 45.0 Å². The molecule has 9 nitrogen and oxygen atoms in total. The van der Waals surface area contributed by atoms with Crippen molar-refractivity contribution in [3.8, 4) is 17.2 Å². The van der Waals surface area contributed by atoms with Crippen LogP contribution in [0.4, 0.5) is 0 Å². The topological polar surface area (TPSA) is 173 Å². The van der Waals surface area contributed by atoms with E-state index in [0.29, 0.717) is 29.5 Å². The van der Waals surface area contributed by atoms with Gasteiger partial charge in [0.15, 0.2) is 0 Å². The Kier molecular flexibility index (Phi) is 11.9. The molecule has 0 atom stereocenters. The van der Waals surface area contributed by atoms with Gasteiger partial charge in [-0.1, -0.05) is 43.7 Å². The van der Waals surface area contributed by atoms with Gasteiger partial charge in [-0.3, -0.25) is 0 Å². The van der Waals surface area contributed by atoms with Crippen LogP contribution >= 0.6 is 0 Å². The second-order valence-electron chi connectivity index (χ2n) is 9.01. The summed E-state index contributed by atoms with van der Waals surface area (Å²) in [4.78, 5) is 32.2. The summed E-state index contributed by atoms with van der Waals surface area (Å²) in [7, 11) is 0. The van der Waals surface area contributed by atoms with Crippen molar-refractivity contribution in [3.05, 3.63) is 124 Å². The lowest BCUT2D eigenvalue weighted by molar-refractivity contribution is 0.0684. The third-order valence-electron chi connectivity index (χ3n) is 5.84. The lowest BCUT2D eigenvalue weighted by atomic mass is 9.99. The van der Waals surface area contributed by atoms with Crippen molar-refractivity contribution in [1.29, 1.82) is 0 Å². The van der Waals surface area contributed by atoms with Crippen LogP contribution in [-0.2, 0) is 12.8 Å². The maximum atomic E-state index is 11.0. The van der Waals surface area contributed by atoms with Crippen LogP contribution in [0.2, 0.25) is 0 Å². The first-order chi connectivity index (χ1) is 19.4. The maximum absolute atomic E-state index is 11.0. The Balaban J connectivity index is 0.000000221. The molecule has 4 aromatic carbocycles. The summed E-state index contributed by atoms with van der Waals surface area (Å²) >= 11 is 0. The van der Waals surface area contributed by atoms with Crippen LogP contribution in [0.5, 0.6) is 17.2 Å². The molecular weight excluding hydrogens is 528 g/mol. The van der Waals surface area contributed by atoms with E-state index in [1.807, 2.05) is 37.3 Å². The van der Waals surface area contributed by atoms with E-state index in [0.717, 1.165) is 12.0 Å². The molecule has 0 fully saturated rings. The number of rotatable bonds is 7. The number of phenolic OH excluding ortho intramolecular Hbond substituents is 3. The highest BCUT2D eigenvalue weighted by atomic mass is 16.4. The summed E-state index contributed by atoms with van der Waals surface area (Å²) in [6, 6.07) is 22.4. The largest absolute Gasteiger partial charge is 0.508 e. The molecule has 0 amide bonds. The number of carboxylic acid groups (broad SMARTS) is 3. The van der Waals surface area contributed by atoms with Crippen molar-refractivity contribution in [2.75, 3.05) is 0 Å². The average Bonchev–Trinajstić information content (AvgIpc) is 2.90. The third-order valence-corrected chi connectivity index (χ3v) is 5.84. The summed E-state index contributed by atoms with van der Waals surface area (Å²) in [5.41, 5.74) is 3.62. The molecule has 0 saturated heterocycles. The van der Waals surface area contributed by atoms with E-state index in [2.05, 4.69) is 0 Å². The van der Waals surface area contributed by atoms with Crippen molar-refractivity contribution in [2.24, 2.45) is 0 Å². The van der Waals surface area contributed by atoms with Gasteiger partial charge in [-0.15, -0.1) is 0 Å². The SMILES string of the molecule is CCCc1cc(O)ccc1C(=O)O.Cc1cc(O)ccc1C(=O)O.O=C(O)c1ccc(O)cc1Cc1ccccc1. The van der Waals surface area contributed by atoms with E-state index in [1.165, 1.54) is 54.6 Å². The van der Waals surface area contributed by atoms with Gasteiger partial charge < -0.3 is 30.6 Å². The summed E-state index contributed by atoms with van der Waals surface area (Å²) in [6.45, 7) is 3.61. The van der Waals surface area contributed by atoms with Gasteiger partial charge in [0, 0.05) is 0 Å². The van der Waals surface area contributed by atoms with E-state index < -0.39 is 17.9 Å². The predicted molar refractivity (Wildman–Crippen MR) is 153 cm³/mol. The molecule has 4 aromatic rings. The van der Waals surface area contributed by atoms with Crippen molar-refractivity contribution >= 4 is 17.9 Å². The van der Waals surface area contributed by atoms with E-state index in [1.54, 1.807) is 6.92 Å². The average molecular weight is 561 g/mol. The minimum absolute atomic E-state index is 0.0842. The van der Waals surface area contributed by atoms with Gasteiger partial charge in [-0.25, -0.2) is 14.4 Å². The van der Waals surface area contributed by atoms with Gasteiger partial charge in [0.1, 0.15) is 17.2 Å². The van der Waals surface area contributed by atoms with Crippen LogP contribution in [0.25, 0.3) is 0 Å². The Labute approximate surface area is 237 Å². The molecule has 0 spiro atoms. The van der Waals surface area contributed by atoms with Crippen LogP contribution in [0.15, 0.2) is 84.9 Å². The molecule has 0 aromatic heterocycles. The van der Waals surface area contributed by atoms with E-state index in [4.69, 9.17) is 25.5 Å². The summed E-state index contributed by atoms with van der Waals surface area (Å²) in [5, 5.41) is 53.9. The van der Waals surface area contributed by atoms with Gasteiger partial charge >= 0.3 is 17.9 Å². The molecule has 0 bridgehead atoms. The number of phenols is 3. The number of benzene rings is 4. The highest BCUT2D eigenvalue weighted by Crippen LogP contribution is 2.20. The smallest absolute Gasteiger partial charge is 0.335 e. The second-order valence-corrected chi connectivity index (χ2v) is 9.01. The predicted octanol–water partition coefficient (Wildman–Crippen LogP) is 6.12. The third kappa shape index (κ3) is 10.1. The molecule has 0 unspecified atom stereocenters.